The Balaban J connectivity index is 2.72. The van der Waals surface area contributed by atoms with E-state index in [9.17, 15) is 22.8 Å². The van der Waals surface area contributed by atoms with E-state index in [0.717, 1.165) is 0 Å². The van der Waals surface area contributed by atoms with Gasteiger partial charge < -0.3 is 10.4 Å². The molecule has 1 aromatic carbocycles. The topological polar surface area (TPSA) is 66.4 Å². The zero-order chi connectivity index (χ0) is 14.5. The van der Waals surface area contributed by atoms with Crippen molar-refractivity contribution in [2.45, 2.75) is 25.4 Å². The third kappa shape index (κ3) is 5.89. The molecular weight excluding hydrogens is 263 g/mol. The molecule has 0 radical (unpaired) electrons. The molecule has 0 fully saturated rings. The van der Waals surface area contributed by atoms with Gasteiger partial charge in [-0.2, -0.15) is 13.2 Å². The standard InChI is InChI=1S/C12H12F3NO3/c13-12(14,15)7-10(17)16-9-4-2-1-3-8(9)5-6-11(18)19/h1-4H,5-7H2,(H,16,17)(H,18,19). The van der Waals surface area contributed by atoms with Crippen molar-refractivity contribution in [3.8, 4) is 0 Å². The van der Waals surface area contributed by atoms with Gasteiger partial charge in [0.15, 0.2) is 0 Å². The molecule has 0 atom stereocenters. The van der Waals surface area contributed by atoms with Crippen molar-refractivity contribution in [2.24, 2.45) is 0 Å². The van der Waals surface area contributed by atoms with Crippen LogP contribution in [-0.4, -0.2) is 23.2 Å². The van der Waals surface area contributed by atoms with Crippen molar-refractivity contribution >= 4 is 17.6 Å². The SMILES string of the molecule is O=C(O)CCc1ccccc1NC(=O)CC(F)(F)F. The zero-order valence-corrected chi connectivity index (χ0v) is 9.83. The van der Waals surface area contributed by atoms with Crippen molar-refractivity contribution in [1.29, 1.82) is 0 Å². The Bertz CT molecular complexity index is 472. The zero-order valence-electron chi connectivity index (χ0n) is 9.83. The molecule has 4 nitrogen and oxygen atoms in total. The number of alkyl halides is 3. The molecule has 0 aliphatic carbocycles. The molecule has 0 heterocycles. The van der Waals surface area contributed by atoms with E-state index < -0.39 is 24.5 Å². The van der Waals surface area contributed by atoms with Gasteiger partial charge in [0.1, 0.15) is 6.42 Å². The number of anilines is 1. The first-order chi connectivity index (χ1) is 8.78. The third-order valence-corrected chi connectivity index (χ3v) is 2.26. The van der Waals surface area contributed by atoms with Gasteiger partial charge in [-0.05, 0) is 18.1 Å². The predicted molar refractivity (Wildman–Crippen MR) is 61.7 cm³/mol. The maximum Gasteiger partial charge on any atom is 0.397 e. The monoisotopic (exact) mass is 275 g/mol. The van der Waals surface area contributed by atoms with Crippen LogP contribution in [0.15, 0.2) is 24.3 Å². The number of carboxylic acid groups (broad SMARTS) is 1. The average molecular weight is 275 g/mol. The van der Waals surface area contributed by atoms with E-state index >= 15 is 0 Å². The highest BCUT2D eigenvalue weighted by atomic mass is 19.4. The lowest BCUT2D eigenvalue weighted by Gasteiger charge is -2.11. The van der Waals surface area contributed by atoms with E-state index in [1.165, 1.54) is 6.07 Å². The second kappa shape index (κ2) is 6.21. The minimum absolute atomic E-state index is 0.137. The van der Waals surface area contributed by atoms with Crippen LogP contribution in [0.1, 0.15) is 18.4 Å². The van der Waals surface area contributed by atoms with Gasteiger partial charge in [0.2, 0.25) is 5.91 Å². The summed E-state index contributed by atoms with van der Waals surface area (Å²) < 4.78 is 36.1. The minimum atomic E-state index is -4.57. The molecule has 0 saturated carbocycles. The van der Waals surface area contributed by atoms with Gasteiger partial charge in [0, 0.05) is 12.1 Å². The van der Waals surface area contributed by atoms with Crippen molar-refractivity contribution in [2.75, 3.05) is 5.32 Å². The number of hydrogen-bond acceptors (Lipinski definition) is 2. The predicted octanol–water partition coefficient (Wildman–Crippen LogP) is 2.59. The number of benzene rings is 1. The fourth-order valence-electron chi connectivity index (χ4n) is 1.48. The van der Waals surface area contributed by atoms with Crippen LogP contribution in [0.2, 0.25) is 0 Å². The van der Waals surface area contributed by atoms with Gasteiger partial charge in [-0.15, -0.1) is 0 Å². The van der Waals surface area contributed by atoms with E-state index in [2.05, 4.69) is 5.32 Å². The molecule has 19 heavy (non-hydrogen) atoms. The Hall–Kier alpha value is -2.05. The quantitative estimate of drug-likeness (QED) is 0.868. The summed E-state index contributed by atoms with van der Waals surface area (Å²) in [5.41, 5.74) is 0.693. The molecule has 0 bridgehead atoms. The highest BCUT2D eigenvalue weighted by Crippen LogP contribution is 2.22. The van der Waals surface area contributed by atoms with Crippen molar-refractivity contribution in [1.82, 2.24) is 0 Å². The lowest BCUT2D eigenvalue weighted by Crippen LogP contribution is -2.21. The summed E-state index contributed by atoms with van der Waals surface area (Å²) >= 11 is 0. The van der Waals surface area contributed by atoms with Crippen molar-refractivity contribution < 1.29 is 27.9 Å². The maximum absolute atomic E-state index is 12.0. The van der Waals surface area contributed by atoms with Crippen molar-refractivity contribution in [3.05, 3.63) is 29.8 Å². The van der Waals surface area contributed by atoms with Crippen LogP contribution in [0, 0.1) is 0 Å². The number of carbonyl (C=O) groups is 2. The molecule has 2 N–H and O–H groups in total. The molecule has 0 saturated heterocycles. The van der Waals surface area contributed by atoms with Gasteiger partial charge >= 0.3 is 12.1 Å². The number of hydrogen-bond donors (Lipinski definition) is 2. The Labute approximate surface area is 107 Å². The molecule has 7 heteroatoms. The second-order valence-electron chi connectivity index (χ2n) is 3.89. The summed E-state index contributed by atoms with van der Waals surface area (Å²) in [5, 5.41) is 10.7. The van der Waals surface area contributed by atoms with E-state index in [4.69, 9.17) is 5.11 Å². The Kier molecular flexibility index (Phi) is 4.91. The fraction of sp³-hybridized carbons (Fsp3) is 0.333. The van der Waals surface area contributed by atoms with Crippen LogP contribution in [0.3, 0.4) is 0 Å². The largest absolute Gasteiger partial charge is 0.481 e. The molecule has 104 valence electrons. The molecule has 1 rings (SSSR count). The summed E-state index contributed by atoms with van der Waals surface area (Å²) in [6, 6.07) is 6.17. The van der Waals surface area contributed by atoms with Crippen LogP contribution >= 0.6 is 0 Å². The number of amides is 1. The molecule has 0 spiro atoms. The lowest BCUT2D eigenvalue weighted by atomic mass is 10.1. The summed E-state index contributed by atoms with van der Waals surface area (Å²) in [7, 11) is 0. The van der Waals surface area contributed by atoms with Crippen LogP contribution < -0.4 is 5.32 Å². The van der Waals surface area contributed by atoms with Gasteiger partial charge in [-0.3, -0.25) is 9.59 Å². The summed E-state index contributed by atoms with van der Waals surface area (Å²) in [6.45, 7) is 0. The number of carboxylic acids is 1. The van der Waals surface area contributed by atoms with Gasteiger partial charge in [-0.1, -0.05) is 18.2 Å². The van der Waals surface area contributed by atoms with Crippen LogP contribution in [-0.2, 0) is 16.0 Å². The Morgan fingerprint density at radius 2 is 1.84 bits per heavy atom. The first-order valence-electron chi connectivity index (χ1n) is 5.44. The Morgan fingerprint density at radius 3 is 2.42 bits per heavy atom. The highest BCUT2D eigenvalue weighted by molar-refractivity contribution is 5.92. The third-order valence-electron chi connectivity index (χ3n) is 2.26. The number of rotatable bonds is 5. The molecule has 0 aliphatic rings. The van der Waals surface area contributed by atoms with Crippen LogP contribution in [0.4, 0.5) is 18.9 Å². The van der Waals surface area contributed by atoms with Crippen LogP contribution in [0.25, 0.3) is 0 Å². The number of para-hydroxylation sites is 1. The number of halogens is 3. The van der Waals surface area contributed by atoms with Crippen molar-refractivity contribution in [3.63, 3.8) is 0 Å². The summed E-state index contributed by atoms with van der Waals surface area (Å²) in [6.07, 6.45) is -6.16. The summed E-state index contributed by atoms with van der Waals surface area (Å²) in [5.74, 6) is -2.19. The average Bonchev–Trinajstić information content (AvgIpc) is 2.25. The Morgan fingerprint density at radius 1 is 1.21 bits per heavy atom. The fourth-order valence-corrected chi connectivity index (χ4v) is 1.48. The number of carbonyl (C=O) groups excluding carboxylic acids is 1. The molecule has 1 amide bonds. The summed E-state index contributed by atoms with van der Waals surface area (Å²) in [4.78, 5) is 21.6. The molecule has 0 aromatic heterocycles. The lowest BCUT2D eigenvalue weighted by molar-refractivity contribution is -0.150. The van der Waals surface area contributed by atoms with Gasteiger partial charge in [-0.25, -0.2) is 0 Å². The van der Waals surface area contributed by atoms with Crippen LogP contribution in [0.5, 0.6) is 0 Å². The van der Waals surface area contributed by atoms with E-state index in [-0.39, 0.29) is 18.5 Å². The second-order valence-corrected chi connectivity index (χ2v) is 3.89. The highest BCUT2D eigenvalue weighted by Gasteiger charge is 2.31. The van der Waals surface area contributed by atoms with Gasteiger partial charge in [0.25, 0.3) is 0 Å². The maximum atomic E-state index is 12.0. The van der Waals surface area contributed by atoms with E-state index in [1.807, 2.05) is 0 Å². The first kappa shape index (κ1) is 15.0. The number of aryl methyl sites for hydroxylation is 1. The number of nitrogens with one attached hydrogen (secondary N) is 1. The first-order valence-corrected chi connectivity index (χ1v) is 5.44. The smallest absolute Gasteiger partial charge is 0.397 e. The van der Waals surface area contributed by atoms with Gasteiger partial charge in [0.05, 0.1) is 0 Å². The normalized spacial score (nSPS) is 11.1. The molecular formula is C12H12F3NO3. The van der Waals surface area contributed by atoms with E-state index in [0.29, 0.717) is 5.56 Å². The molecule has 0 aliphatic heterocycles. The number of aliphatic carboxylic acids is 1. The van der Waals surface area contributed by atoms with E-state index in [1.54, 1.807) is 18.2 Å². The molecule has 0 unspecified atom stereocenters. The molecule has 1 aromatic rings. The minimum Gasteiger partial charge on any atom is -0.481 e.